The number of sulfonamides is 1. The van der Waals surface area contributed by atoms with Crippen molar-refractivity contribution < 1.29 is 40.6 Å². The first-order valence-corrected chi connectivity index (χ1v) is 21.6. The molecular formula is C42H42ClF3N6O6S. The van der Waals surface area contributed by atoms with Crippen LogP contribution in [0.15, 0.2) is 53.1 Å². The van der Waals surface area contributed by atoms with Gasteiger partial charge in [0.05, 0.1) is 41.3 Å². The molecule has 3 atom stereocenters. The number of rotatable bonds is 10. The highest BCUT2D eigenvalue weighted by Crippen LogP contribution is 2.49. The number of ether oxygens (including phenoxy) is 1. The molecule has 17 heteroatoms. The molecule has 2 N–H and O–H groups in total. The highest BCUT2D eigenvalue weighted by Gasteiger charge is 2.45. The number of carbonyl (C=O) groups is 1. The van der Waals surface area contributed by atoms with Gasteiger partial charge >= 0.3 is 6.18 Å². The predicted molar refractivity (Wildman–Crippen MR) is 214 cm³/mol. The first kappa shape index (κ1) is 39.8. The third-order valence-electron chi connectivity index (χ3n) is 12.1. The molecule has 0 unspecified atom stereocenters. The average Bonchev–Trinajstić information content (AvgIpc) is 3.45. The van der Waals surface area contributed by atoms with Crippen LogP contribution in [0.2, 0.25) is 5.02 Å². The summed E-state index contributed by atoms with van der Waals surface area (Å²) in [4.78, 5) is 31.0. The third-order valence-corrected chi connectivity index (χ3v) is 14.4. The Morgan fingerprint density at radius 1 is 1.02 bits per heavy atom. The molecule has 3 aromatic carbocycles. The standard InChI is InChI=1S/C42H42ClF3N6O6S/c1-22-26(29-7-4-8-30(37(29)43)33-18-47-34(41(49-33)57-2)21-51-15-14-24(53)20-51)5-3-6-27(22)40-48-32-17-31-28(36(38(32)58-40)42(44,45)46)11-12-35(31)52-16-13-23(19-52)39(54)50-59(55,56)25-9-10-25/h3-8,17-18,23-25,35,53H,9-16,19-21H2,1-2H3,(H,50,54)/t23-,24-,35-/m1/s1. The van der Waals surface area contributed by atoms with Gasteiger partial charge in [-0.3, -0.25) is 24.3 Å². The summed E-state index contributed by atoms with van der Waals surface area (Å²) in [7, 11) is -2.18. The molecule has 310 valence electrons. The third kappa shape index (κ3) is 7.47. The number of amides is 1. The second kappa shape index (κ2) is 15.1. The molecule has 4 aliphatic rings. The smallest absolute Gasteiger partial charge is 0.420 e. The molecule has 2 aliphatic heterocycles. The van der Waals surface area contributed by atoms with Gasteiger partial charge in [-0.15, -0.1) is 0 Å². The van der Waals surface area contributed by atoms with Crippen molar-refractivity contribution in [2.24, 2.45) is 5.92 Å². The zero-order valence-corrected chi connectivity index (χ0v) is 33.9. The van der Waals surface area contributed by atoms with Crippen LogP contribution in [0.4, 0.5) is 13.2 Å². The molecule has 2 aliphatic carbocycles. The van der Waals surface area contributed by atoms with E-state index in [2.05, 4.69) is 19.6 Å². The number of nitrogens with one attached hydrogen (secondary N) is 1. The van der Waals surface area contributed by atoms with E-state index in [0.29, 0.717) is 102 Å². The molecule has 2 aromatic heterocycles. The van der Waals surface area contributed by atoms with Crippen molar-refractivity contribution in [3.63, 3.8) is 0 Å². The fraction of sp³-hybridized carbons (Fsp3) is 0.429. The number of oxazole rings is 1. The fourth-order valence-corrected chi connectivity index (χ4v) is 10.7. The Kier molecular flexibility index (Phi) is 10.2. The molecule has 3 fully saturated rings. The summed E-state index contributed by atoms with van der Waals surface area (Å²) in [6.45, 7) is 4.30. The number of nitrogens with zero attached hydrogens (tertiary/aromatic N) is 5. The first-order valence-electron chi connectivity index (χ1n) is 19.7. The molecule has 0 spiro atoms. The summed E-state index contributed by atoms with van der Waals surface area (Å²) < 4.78 is 83.7. The van der Waals surface area contributed by atoms with Gasteiger partial charge in [0.15, 0.2) is 5.58 Å². The molecule has 12 nitrogen and oxygen atoms in total. The van der Waals surface area contributed by atoms with E-state index >= 15 is 0 Å². The fourth-order valence-electron chi connectivity index (χ4n) is 8.96. The molecule has 0 bridgehead atoms. The van der Waals surface area contributed by atoms with Crippen LogP contribution in [-0.4, -0.2) is 88.8 Å². The van der Waals surface area contributed by atoms with E-state index in [0.717, 1.165) is 12.1 Å². The van der Waals surface area contributed by atoms with E-state index in [9.17, 15) is 31.5 Å². The number of carbonyl (C=O) groups excluding carboxylic acids is 1. The Labute approximate surface area is 343 Å². The van der Waals surface area contributed by atoms with Crippen molar-refractivity contribution in [2.45, 2.75) is 75.6 Å². The summed E-state index contributed by atoms with van der Waals surface area (Å²) in [5, 5.41) is 9.81. The Morgan fingerprint density at radius 3 is 2.47 bits per heavy atom. The van der Waals surface area contributed by atoms with E-state index in [-0.39, 0.29) is 41.6 Å². The minimum Gasteiger partial charge on any atom is -0.480 e. The molecule has 59 heavy (non-hydrogen) atoms. The second-order valence-electron chi connectivity index (χ2n) is 16.0. The van der Waals surface area contributed by atoms with E-state index < -0.39 is 44.9 Å². The number of fused-ring (bicyclic) bond motifs is 2. The number of likely N-dealkylation sites (tertiary alicyclic amines) is 2. The highest BCUT2D eigenvalue weighted by molar-refractivity contribution is 7.90. The number of methoxy groups -OCH3 is 1. The number of halogens is 4. The van der Waals surface area contributed by atoms with Crippen LogP contribution in [0, 0.1) is 12.8 Å². The van der Waals surface area contributed by atoms with Gasteiger partial charge in [-0.25, -0.2) is 18.4 Å². The summed E-state index contributed by atoms with van der Waals surface area (Å²) >= 11 is 7.10. The van der Waals surface area contributed by atoms with Crippen LogP contribution >= 0.6 is 11.6 Å². The number of alkyl halides is 3. The molecule has 0 radical (unpaired) electrons. The Hall–Kier alpha value is -4.61. The summed E-state index contributed by atoms with van der Waals surface area (Å²) in [6.07, 6.45) is -0.725. The Balaban J connectivity index is 1.02. The molecule has 2 saturated heterocycles. The highest BCUT2D eigenvalue weighted by atomic mass is 35.5. The molecule has 4 heterocycles. The normalized spacial score (nSPS) is 21.4. The number of aromatic nitrogens is 3. The first-order chi connectivity index (χ1) is 28.2. The maximum absolute atomic E-state index is 15.0. The summed E-state index contributed by atoms with van der Waals surface area (Å²) in [6, 6.07) is 12.2. The van der Waals surface area contributed by atoms with E-state index in [4.69, 9.17) is 25.7 Å². The number of hydrogen-bond acceptors (Lipinski definition) is 11. The topological polar surface area (TPSA) is 151 Å². The van der Waals surface area contributed by atoms with Crippen molar-refractivity contribution in [3.05, 3.63) is 81.6 Å². The monoisotopic (exact) mass is 850 g/mol. The van der Waals surface area contributed by atoms with Crippen LogP contribution < -0.4 is 9.46 Å². The quantitative estimate of drug-likeness (QED) is 0.148. The minimum atomic E-state index is -4.73. The van der Waals surface area contributed by atoms with Crippen LogP contribution in [0.3, 0.4) is 0 Å². The Bertz CT molecular complexity index is 2600. The van der Waals surface area contributed by atoms with Gasteiger partial charge in [0, 0.05) is 48.9 Å². The van der Waals surface area contributed by atoms with Crippen molar-refractivity contribution in [2.75, 3.05) is 33.3 Å². The zero-order valence-electron chi connectivity index (χ0n) is 32.4. The lowest BCUT2D eigenvalue weighted by atomic mass is 9.94. The minimum absolute atomic E-state index is 0.0313. The van der Waals surface area contributed by atoms with E-state index in [1.54, 1.807) is 24.4 Å². The lowest BCUT2D eigenvalue weighted by molar-refractivity contribution is -0.137. The largest absolute Gasteiger partial charge is 0.480 e. The van der Waals surface area contributed by atoms with E-state index in [1.807, 2.05) is 36.1 Å². The van der Waals surface area contributed by atoms with Crippen molar-refractivity contribution >= 4 is 38.6 Å². The van der Waals surface area contributed by atoms with Crippen molar-refractivity contribution in [1.82, 2.24) is 29.5 Å². The van der Waals surface area contributed by atoms with Crippen LogP contribution in [0.25, 0.3) is 44.9 Å². The van der Waals surface area contributed by atoms with Crippen molar-refractivity contribution in [1.29, 1.82) is 0 Å². The Morgan fingerprint density at radius 2 is 1.76 bits per heavy atom. The maximum Gasteiger partial charge on any atom is 0.420 e. The van der Waals surface area contributed by atoms with Crippen LogP contribution in [0.1, 0.15) is 66.1 Å². The maximum atomic E-state index is 15.0. The molecule has 9 rings (SSSR count). The zero-order chi connectivity index (χ0) is 41.4. The van der Waals surface area contributed by atoms with Crippen LogP contribution in [-0.2, 0) is 34.0 Å². The van der Waals surface area contributed by atoms with Crippen LogP contribution in [0.5, 0.6) is 5.88 Å². The van der Waals surface area contributed by atoms with Gasteiger partial charge in [0.1, 0.15) is 16.8 Å². The van der Waals surface area contributed by atoms with Gasteiger partial charge in [0.25, 0.3) is 0 Å². The van der Waals surface area contributed by atoms with Gasteiger partial charge in [-0.2, -0.15) is 13.2 Å². The number of β-amino-alcohol motifs (C(OH)–C–C–N with tert-alkyl or cyclic N) is 1. The molecular weight excluding hydrogens is 809 g/mol. The lowest BCUT2D eigenvalue weighted by Gasteiger charge is -2.25. The van der Waals surface area contributed by atoms with Gasteiger partial charge in [0.2, 0.25) is 27.7 Å². The van der Waals surface area contributed by atoms with Gasteiger partial charge in [-0.1, -0.05) is 41.9 Å². The second-order valence-corrected chi connectivity index (χ2v) is 18.3. The van der Waals surface area contributed by atoms with E-state index in [1.165, 1.54) is 7.11 Å². The number of benzene rings is 3. The lowest BCUT2D eigenvalue weighted by Crippen LogP contribution is -2.38. The number of aliphatic hydroxyl groups is 1. The average molecular weight is 851 g/mol. The summed E-state index contributed by atoms with van der Waals surface area (Å²) in [5.41, 5.74) is 3.85. The number of aliphatic hydroxyl groups excluding tert-OH is 1. The molecule has 1 amide bonds. The van der Waals surface area contributed by atoms with Gasteiger partial charge in [-0.05, 0) is 86.4 Å². The van der Waals surface area contributed by atoms with Gasteiger partial charge < -0.3 is 14.3 Å². The predicted octanol–water partition coefficient (Wildman–Crippen LogP) is 7.09. The summed E-state index contributed by atoms with van der Waals surface area (Å²) in [5.74, 6) is -0.763. The van der Waals surface area contributed by atoms with Crippen molar-refractivity contribution in [3.8, 4) is 39.7 Å². The number of hydrogen-bond donors (Lipinski definition) is 2. The SMILES string of the molecule is COc1nc(-c2cccc(-c3cccc(-c4nc5cc6c(c(C(F)(F)F)c5o4)CC[C@H]6N4CC[C@@H](C(=O)NS(=O)(=O)C5CC5)C4)c3C)c2Cl)cnc1CN1CC[C@@H](O)C1. The molecule has 5 aromatic rings. The molecule has 1 saturated carbocycles.